The smallest absolute Gasteiger partial charge is 0.236 e. The lowest BCUT2D eigenvalue weighted by Crippen LogP contribution is -2.55. The van der Waals surface area contributed by atoms with E-state index in [0.29, 0.717) is 50.9 Å². The van der Waals surface area contributed by atoms with Gasteiger partial charge in [0, 0.05) is 75.2 Å². The Morgan fingerprint density at radius 3 is 2.39 bits per heavy atom. The molecule has 3 rings (SSSR count). The van der Waals surface area contributed by atoms with Crippen LogP contribution in [0.3, 0.4) is 0 Å². The Morgan fingerprint density at radius 1 is 1.06 bits per heavy atom. The highest BCUT2D eigenvalue weighted by molar-refractivity contribution is 14.0. The van der Waals surface area contributed by atoms with E-state index in [-0.39, 0.29) is 29.9 Å². The van der Waals surface area contributed by atoms with Crippen molar-refractivity contribution in [3.05, 3.63) is 35.9 Å². The van der Waals surface area contributed by atoms with Crippen molar-refractivity contribution >= 4 is 46.6 Å². The lowest BCUT2D eigenvalue weighted by Gasteiger charge is -2.37. The molecule has 0 spiro atoms. The molecule has 0 bridgehead atoms. The number of hydrogen-bond acceptors (Lipinski definition) is 5. The molecule has 10 heteroatoms. The zero-order chi connectivity index (χ0) is 21.2. The van der Waals surface area contributed by atoms with Gasteiger partial charge in [0.15, 0.2) is 5.96 Å². The molecule has 1 N–H and O–H groups in total. The van der Waals surface area contributed by atoms with Crippen LogP contribution < -0.4 is 5.32 Å². The first-order chi connectivity index (χ1) is 14.7. The summed E-state index contributed by atoms with van der Waals surface area (Å²) >= 11 is 0. The monoisotopic (exact) mass is 563 g/mol. The summed E-state index contributed by atoms with van der Waals surface area (Å²) in [6.07, 6.45) is 0. The molecule has 1 atom stereocenters. The molecule has 31 heavy (non-hydrogen) atoms. The lowest BCUT2D eigenvalue weighted by molar-refractivity contribution is -0.136. The maximum Gasteiger partial charge on any atom is 0.236 e. The molecule has 174 valence electrons. The number of guanidine groups is 1. The number of piperazine rings is 1. The molecule has 1 aromatic rings. The number of aliphatic imine (C=N–C) groups is 1. The van der Waals surface area contributed by atoms with E-state index >= 15 is 0 Å². The number of rotatable bonds is 7. The van der Waals surface area contributed by atoms with Crippen LogP contribution in [0.15, 0.2) is 35.3 Å². The first kappa shape index (κ1) is 26.0. The average molecular weight is 564 g/mol. The van der Waals surface area contributed by atoms with Crippen LogP contribution in [0.5, 0.6) is 0 Å². The standard InChI is InChI=1S/C21H33N5O3S.HI/c1-22-21(23-7-16-30(28)18-19-5-3-2-4-6-19)26-10-8-24(9-11-26)17-20(27)25-12-14-29-15-13-25;/h2-6H,7-18H2,1H3,(H,22,23);1H. The number of morpholine rings is 1. The first-order valence-corrected chi connectivity index (χ1v) is 12.1. The minimum atomic E-state index is -0.905. The van der Waals surface area contributed by atoms with Crippen molar-refractivity contribution in [1.29, 1.82) is 0 Å². The fraction of sp³-hybridized carbons (Fsp3) is 0.619. The van der Waals surface area contributed by atoms with Gasteiger partial charge in [-0.3, -0.25) is 18.9 Å². The molecule has 1 aromatic carbocycles. The number of hydrogen-bond donors (Lipinski definition) is 1. The van der Waals surface area contributed by atoms with E-state index in [0.717, 1.165) is 37.7 Å². The van der Waals surface area contributed by atoms with Gasteiger partial charge in [0.05, 0.1) is 19.8 Å². The van der Waals surface area contributed by atoms with E-state index < -0.39 is 10.8 Å². The number of carbonyl (C=O) groups is 1. The molecular weight excluding hydrogens is 529 g/mol. The molecule has 2 fully saturated rings. The van der Waals surface area contributed by atoms with Crippen molar-refractivity contribution in [3.8, 4) is 0 Å². The van der Waals surface area contributed by atoms with E-state index in [1.807, 2.05) is 35.2 Å². The summed E-state index contributed by atoms with van der Waals surface area (Å²) < 4.78 is 17.6. The van der Waals surface area contributed by atoms with Crippen LogP contribution in [-0.4, -0.2) is 109 Å². The van der Waals surface area contributed by atoms with Gasteiger partial charge in [-0.2, -0.15) is 0 Å². The molecule has 1 amide bonds. The maximum absolute atomic E-state index is 12.4. The van der Waals surface area contributed by atoms with E-state index in [2.05, 4.69) is 20.1 Å². The van der Waals surface area contributed by atoms with Crippen LogP contribution in [0.1, 0.15) is 5.56 Å². The van der Waals surface area contributed by atoms with E-state index in [4.69, 9.17) is 4.74 Å². The number of halogens is 1. The molecule has 0 saturated carbocycles. The van der Waals surface area contributed by atoms with Crippen molar-refractivity contribution in [3.63, 3.8) is 0 Å². The quantitative estimate of drug-likeness (QED) is 0.298. The summed E-state index contributed by atoms with van der Waals surface area (Å²) in [7, 11) is 0.871. The van der Waals surface area contributed by atoms with Crippen molar-refractivity contribution in [2.75, 3.05) is 78.4 Å². The van der Waals surface area contributed by atoms with Crippen molar-refractivity contribution in [1.82, 2.24) is 20.0 Å². The number of ether oxygens (including phenoxy) is 1. The molecule has 2 aliphatic rings. The van der Waals surface area contributed by atoms with Gasteiger partial charge in [-0.25, -0.2) is 0 Å². The van der Waals surface area contributed by atoms with Crippen LogP contribution in [-0.2, 0) is 26.1 Å². The second kappa shape index (κ2) is 14.0. The lowest BCUT2D eigenvalue weighted by atomic mass is 10.2. The third-order valence-electron chi connectivity index (χ3n) is 5.39. The van der Waals surface area contributed by atoms with Crippen molar-refractivity contribution in [2.24, 2.45) is 4.99 Å². The Hall–Kier alpha value is -1.24. The molecular formula is C21H34IN5O3S. The van der Waals surface area contributed by atoms with Gasteiger partial charge in [0.25, 0.3) is 0 Å². The molecule has 0 aliphatic carbocycles. The molecule has 2 aliphatic heterocycles. The first-order valence-electron chi connectivity index (χ1n) is 10.6. The molecule has 8 nitrogen and oxygen atoms in total. The van der Waals surface area contributed by atoms with E-state index in [9.17, 15) is 9.00 Å². The van der Waals surface area contributed by atoms with Gasteiger partial charge in [-0.1, -0.05) is 30.3 Å². The summed E-state index contributed by atoms with van der Waals surface area (Å²) in [5.41, 5.74) is 1.10. The Kier molecular flexibility index (Phi) is 11.8. The summed E-state index contributed by atoms with van der Waals surface area (Å²) in [6.45, 7) is 7.07. The fourth-order valence-corrected chi connectivity index (χ4v) is 4.70. The molecule has 0 aromatic heterocycles. The Morgan fingerprint density at radius 2 is 1.74 bits per heavy atom. The average Bonchev–Trinajstić information content (AvgIpc) is 2.79. The Labute approximate surface area is 204 Å². The molecule has 0 radical (unpaired) electrons. The fourth-order valence-electron chi connectivity index (χ4n) is 3.66. The van der Waals surface area contributed by atoms with Crippen molar-refractivity contribution in [2.45, 2.75) is 5.75 Å². The summed E-state index contributed by atoms with van der Waals surface area (Å²) in [6, 6.07) is 9.93. The van der Waals surface area contributed by atoms with E-state index in [1.54, 1.807) is 7.05 Å². The summed E-state index contributed by atoms with van der Waals surface area (Å²) in [5, 5.41) is 3.34. The van der Waals surface area contributed by atoms with Crippen LogP contribution >= 0.6 is 24.0 Å². The Bertz CT molecular complexity index is 723. The number of benzene rings is 1. The van der Waals surface area contributed by atoms with Crippen molar-refractivity contribution < 1.29 is 13.7 Å². The van der Waals surface area contributed by atoms with Crippen LogP contribution in [0, 0.1) is 0 Å². The minimum absolute atomic E-state index is 0. The topological polar surface area (TPSA) is 77.5 Å². The Balaban J connectivity index is 0.00000341. The van der Waals surface area contributed by atoms with Gasteiger partial charge >= 0.3 is 0 Å². The van der Waals surface area contributed by atoms with Gasteiger partial charge < -0.3 is 19.9 Å². The number of nitrogens with one attached hydrogen (secondary N) is 1. The number of nitrogens with zero attached hydrogens (tertiary/aromatic N) is 4. The highest BCUT2D eigenvalue weighted by Gasteiger charge is 2.24. The van der Waals surface area contributed by atoms with Crippen LogP contribution in [0.2, 0.25) is 0 Å². The SMILES string of the molecule is CN=C(NCCS(=O)Cc1ccccc1)N1CCN(CC(=O)N2CCOCC2)CC1.I. The summed E-state index contributed by atoms with van der Waals surface area (Å²) in [4.78, 5) is 23.1. The molecule has 1 unspecified atom stereocenters. The predicted octanol–water partition coefficient (Wildman–Crippen LogP) is 0.605. The summed E-state index contributed by atoms with van der Waals surface area (Å²) in [5.74, 6) is 2.19. The maximum atomic E-state index is 12.4. The van der Waals surface area contributed by atoms with E-state index in [1.165, 1.54) is 0 Å². The number of carbonyl (C=O) groups excluding carboxylic acids is 1. The van der Waals surface area contributed by atoms with Gasteiger partial charge in [0.1, 0.15) is 0 Å². The van der Waals surface area contributed by atoms with Crippen LogP contribution in [0.25, 0.3) is 0 Å². The molecule has 2 saturated heterocycles. The predicted molar refractivity (Wildman–Crippen MR) is 135 cm³/mol. The third-order valence-corrected chi connectivity index (χ3v) is 6.70. The normalized spacial score (nSPS) is 18.9. The van der Waals surface area contributed by atoms with Gasteiger partial charge in [-0.05, 0) is 5.56 Å². The minimum Gasteiger partial charge on any atom is -0.378 e. The van der Waals surface area contributed by atoms with Gasteiger partial charge in [0.2, 0.25) is 5.91 Å². The zero-order valence-corrected chi connectivity index (χ0v) is 21.3. The zero-order valence-electron chi connectivity index (χ0n) is 18.2. The molecule has 2 heterocycles. The van der Waals surface area contributed by atoms with Crippen LogP contribution in [0.4, 0.5) is 0 Å². The second-order valence-corrected chi connectivity index (χ2v) is 9.08. The number of amides is 1. The highest BCUT2D eigenvalue weighted by atomic mass is 127. The third kappa shape index (κ3) is 8.66. The highest BCUT2D eigenvalue weighted by Crippen LogP contribution is 2.06. The largest absolute Gasteiger partial charge is 0.378 e. The second-order valence-electron chi connectivity index (χ2n) is 7.50. The van der Waals surface area contributed by atoms with Gasteiger partial charge in [-0.15, -0.1) is 24.0 Å².